The molecule has 2 aromatic rings. The highest BCUT2D eigenvalue weighted by Gasteiger charge is 2.26. The largest absolute Gasteiger partial charge is 0.369 e. The van der Waals surface area contributed by atoms with Crippen LogP contribution in [-0.4, -0.2) is 24.5 Å². The lowest BCUT2D eigenvalue weighted by atomic mass is 9.92. The highest BCUT2D eigenvalue weighted by atomic mass is 16.2. The van der Waals surface area contributed by atoms with Crippen LogP contribution in [0, 0.1) is 12.3 Å². The molecule has 0 fully saturated rings. The quantitative estimate of drug-likeness (QED) is 0.899. The summed E-state index contributed by atoms with van der Waals surface area (Å²) in [6.45, 7) is 6.39. The first-order chi connectivity index (χ1) is 9.44. The number of hydrogen-bond acceptors (Lipinski definition) is 3. The summed E-state index contributed by atoms with van der Waals surface area (Å²) >= 11 is 0. The summed E-state index contributed by atoms with van der Waals surface area (Å²) in [5.41, 5.74) is 1.56. The van der Waals surface area contributed by atoms with Crippen molar-refractivity contribution in [2.45, 2.75) is 20.8 Å². The van der Waals surface area contributed by atoms with Crippen molar-refractivity contribution in [1.82, 2.24) is 10.3 Å². The van der Waals surface area contributed by atoms with E-state index >= 15 is 0 Å². The van der Waals surface area contributed by atoms with Crippen molar-refractivity contribution in [2.75, 3.05) is 18.9 Å². The Morgan fingerprint density at radius 3 is 2.70 bits per heavy atom. The van der Waals surface area contributed by atoms with Gasteiger partial charge in [0.05, 0.1) is 10.9 Å². The molecule has 0 saturated carbocycles. The molecule has 2 rings (SSSR count). The fraction of sp³-hybridized carbons (Fsp3) is 0.375. The van der Waals surface area contributed by atoms with Gasteiger partial charge in [-0.05, 0) is 38.5 Å². The van der Waals surface area contributed by atoms with Gasteiger partial charge in [0.1, 0.15) is 5.82 Å². The predicted octanol–water partition coefficient (Wildman–Crippen LogP) is 2.73. The number of aromatic nitrogens is 1. The van der Waals surface area contributed by atoms with Crippen LogP contribution in [0.25, 0.3) is 10.9 Å². The molecule has 1 aromatic carbocycles. The Morgan fingerprint density at radius 2 is 2.00 bits per heavy atom. The van der Waals surface area contributed by atoms with Gasteiger partial charge in [-0.2, -0.15) is 0 Å². The lowest BCUT2D eigenvalue weighted by molar-refractivity contribution is -0.128. The van der Waals surface area contributed by atoms with Crippen LogP contribution in [0.3, 0.4) is 0 Å². The van der Waals surface area contributed by atoms with Gasteiger partial charge >= 0.3 is 0 Å². The van der Waals surface area contributed by atoms with Gasteiger partial charge in [-0.25, -0.2) is 4.98 Å². The fourth-order valence-electron chi connectivity index (χ4n) is 2.12. The number of pyridine rings is 1. The SMILES string of the molecule is CNC(=O)C(C)(C)CNc1nc2ccccc2cc1C. The van der Waals surface area contributed by atoms with Crippen LogP contribution in [0.2, 0.25) is 0 Å². The molecule has 0 radical (unpaired) electrons. The van der Waals surface area contributed by atoms with Gasteiger partial charge in [-0.3, -0.25) is 4.79 Å². The zero-order chi connectivity index (χ0) is 14.8. The van der Waals surface area contributed by atoms with E-state index in [1.165, 1.54) is 0 Å². The number of aryl methyl sites for hydroxylation is 1. The summed E-state index contributed by atoms with van der Waals surface area (Å²) in [6, 6.07) is 10.1. The van der Waals surface area contributed by atoms with Crippen molar-refractivity contribution in [1.29, 1.82) is 0 Å². The minimum atomic E-state index is -0.478. The number of carbonyl (C=O) groups excluding carboxylic acids is 1. The molecule has 0 unspecified atom stereocenters. The van der Waals surface area contributed by atoms with E-state index in [0.29, 0.717) is 6.54 Å². The van der Waals surface area contributed by atoms with Gasteiger partial charge in [-0.1, -0.05) is 18.2 Å². The molecule has 0 saturated heterocycles. The third kappa shape index (κ3) is 2.90. The molecule has 4 heteroatoms. The molecule has 4 nitrogen and oxygen atoms in total. The second-order valence-electron chi connectivity index (χ2n) is 5.66. The van der Waals surface area contributed by atoms with Crippen molar-refractivity contribution in [3.8, 4) is 0 Å². The second kappa shape index (κ2) is 5.49. The van der Waals surface area contributed by atoms with Crippen LogP contribution in [0.1, 0.15) is 19.4 Å². The Hall–Kier alpha value is -2.10. The highest BCUT2D eigenvalue weighted by molar-refractivity contribution is 5.83. The predicted molar refractivity (Wildman–Crippen MR) is 82.8 cm³/mol. The number of amides is 1. The van der Waals surface area contributed by atoms with Crippen molar-refractivity contribution in [3.63, 3.8) is 0 Å². The van der Waals surface area contributed by atoms with Gasteiger partial charge in [0.2, 0.25) is 5.91 Å². The Morgan fingerprint density at radius 1 is 1.30 bits per heavy atom. The molecule has 0 aliphatic carbocycles. The lowest BCUT2D eigenvalue weighted by Crippen LogP contribution is -2.39. The van der Waals surface area contributed by atoms with E-state index < -0.39 is 5.41 Å². The number of hydrogen-bond donors (Lipinski definition) is 2. The molecular weight excluding hydrogens is 250 g/mol. The third-order valence-corrected chi connectivity index (χ3v) is 3.45. The van der Waals surface area contributed by atoms with E-state index in [9.17, 15) is 4.79 Å². The number of para-hydroxylation sites is 1. The Bertz CT molecular complexity index is 635. The van der Waals surface area contributed by atoms with Crippen LogP contribution in [-0.2, 0) is 4.79 Å². The highest BCUT2D eigenvalue weighted by Crippen LogP contribution is 2.22. The van der Waals surface area contributed by atoms with Crippen LogP contribution in [0.15, 0.2) is 30.3 Å². The van der Waals surface area contributed by atoms with E-state index in [4.69, 9.17) is 0 Å². The van der Waals surface area contributed by atoms with Crippen LogP contribution < -0.4 is 10.6 Å². The lowest BCUT2D eigenvalue weighted by Gasteiger charge is -2.23. The van der Waals surface area contributed by atoms with E-state index in [-0.39, 0.29) is 5.91 Å². The molecule has 0 aliphatic rings. The number of benzene rings is 1. The summed E-state index contributed by atoms with van der Waals surface area (Å²) < 4.78 is 0. The number of anilines is 1. The first kappa shape index (κ1) is 14.3. The molecular formula is C16H21N3O. The standard InChI is InChI=1S/C16H21N3O/c1-11-9-12-7-5-6-8-13(12)19-14(11)18-10-16(2,3)15(20)17-4/h5-9H,10H2,1-4H3,(H,17,20)(H,18,19). The van der Waals surface area contributed by atoms with E-state index in [0.717, 1.165) is 22.3 Å². The molecule has 0 atom stereocenters. The smallest absolute Gasteiger partial charge is 0.227 e. The molecule has 0 bridgehead atoms. The Kier molecular flexibility index (Phi) is 3.93. The number of carbonyl (C=O) groups is 1. The Balaban J connectivity index is 2.22. The molecule has 0 spiro atoms. The maximum atomic E-state index is 11.8. The summed E-state index contributed by atoms with van der Waals surface area (Å²) in [4.78, 5) is 16.4. The number of nitrogens with one attached hydrogen (secondary N) is 2. The molecule has 1 aromatic heterocycles. The van der Waals surface area contributed by atoms with Gasteiger partial charge in [-0.15, -0.1) is 0 Å². The van der Waals surface area contributed by atoms with Crippen LogP contribution in [0.4, 0.5) is 5.82 Å². The van der Waals surface area contributed by atoms with Crippen LogP contribution in [0.5, 0.6) is 0 Å². The molecule has 1 heterocycles. The van der Waals surface area contributed by atoms with Crippen molar-refractivity contribution < 1.29 is 4.79 Å². The minimum absolute atomic E-state index is 0.0171. The van der Waals surface area contributed by atoms with Crippen LogP contribution >= 0.6 is 0 Å². The number of rotatable bonds is 4. The zero-order valence-corrected chi connectivity index (χ0v) is 12.4. The fourth-order valence-corrected chi connectivity index (χ4v) is 2.12. The summed E-state index contributed by atoms with van der Waals surface area (Å²) in [5, 5.41) is 7.10. The average Bonchev–Trinajstić information content (AvgIpc) is 2.44. The summed E-state index contributed by atoms with van der Waals surface area (Å²) in [7, 11) is 1.66. The minimum Gasteiger partial charge on any atom is -0.369 e. The van der Waals surface area contributed by atoms with Gasteiger partial charge in [0.25, 0.3) is 0 Å². The summed E-state index contributed by atoms with van der Waals surface area (Å²) in [5.74, 6) is 0.851. The Labute approximate surface area is 119 Å². The number of fused-ring (bicyclic) bond motifs is 1. The molecule has 1 amide bonds. The monoisotopic (exact) mass is 271 g/mol. The molecule has 2 N–H and O–H groups in total. The van der Waals surface area contributed by atoms with Gasteiger partial charge in [0.15, 0.2) is 0 Å². The topological polar surface area (TPSA) is 54.0 Å². The van der Waals surface area contributed by atoms with E-state index in [2.05, 4.69) is 21.7 Å². The maximum Gasteiger partial charge on any atom is 0.227 e. The summed E-state index contributed by atoms with van der Waals surface area (Å²) in [6.07, 6.45) is 0. The van der Waals surface area contributed by atoms with Gasteiger partial charge < -0.3 is 10.6 Å². The van der Waals surface area contributed by atoms with Crippen molar-refractivity contribution in [3.05, 3.63) is 35.9 Å². The third-order valence-electron chi connectivity index (χ3n) is 3.45. The van der Waals surface area contributed by atoms with E-state index in [1.54, 1.807) is 7.05 Å². The first-order valence-corrected chi connectivity index (χ1v) is 6.76. The normalized spacial score (nSPS) is 11.4. The van der Waals surface area contributed by atoms with Gasteiger partial charge in [0, 0.05) is 19.0 Å². The zero-order valence-electron chi connectivity index (χ0n) is 12.4. The van der Waals surface area contributed by atoms with Crippen molar-refractivity contribution >= 4 is 22.6 Å². The molecule has 106 valence electrons. The van der Waals surface area contributed by atoms with Crippen molar-refractivity contribution in [2.24, 2.45) is 5.41 Å². The molecule has 0 aliphatic heterocycles. The first-order valence-electron chi connectivity index (χ1n) is 6.76. The molecule has 20 heavy (non-hydrogen) atoms. The number of nitrogens with zero attached hydrogens (tertiary/aromatic N) is 1. The maximum absolute atomic E-state index is 11.8. The average molecular weight is 271 g/mol. The second-order valence-corrected chi connectivity index (χ2v) is 5.66. The van der Waals surface area contributed by atoms with E-state index in [1.807, 2.05) is 45.0 Å².